The molecule has 3 aliphatic rings. The van der Waals surface area contributed by atoms with Crippen molar-refractivity contribution >= 4 is 6.09 Å². The molecule has 2 fully saturated rings. The third-order valence-corrected chi connectivity index (χ3v) is 6.44. The molecule has 29 heavy (non-hydrogen) atoms. The number of morpholine rings is 1. The minimum Gasteiger partial charge on any atom is -0.448 e. The Hall–Kier alpha value is -2.59. The second kappa shape index (κ2) is 7.68. The predicted molar refractivity (Wildman–Crippen MR) is 113 cm³/mol. The van der Waals surface area contributed by atoms with Crippen LogP contribution in [-0.4, -0.2) is 42.9 Å². The highest BCUT2D eigenvalue weighted by molar-refractivity contribution is 5.79. The Kier molecular flexibility index (Phi) is 4.88. The molecule has 2 atom stereocenters. The van der Waals surface area contributed by atoms with E-state index in [0.717, 1.165) is 19.3 Å². The molecule has 2 heterocycles. The van der Waals surface area contributed by atoms with Gasteiger partial charge >= 0.3 is 6.09 Å². The van der Waals surface area contributed by atoms with Crippen molar-refractivity contribution in [2.24, 2.45) is 0 Å². The number of carbonyl (C=O) groups excluding carboxylic acids is 1. The molecule has 2 aliphatic heterocycles. The van der Waals surface area contributed by atoms with E-state index >= 15 is 0 Å². The van der Waals surface area contributed by atoms with Crippen LogP contribution in [0, 0.1) is 0 Å². The molecule has 1 amide bonds. The molecule has 0 spiro atoms. The number of fused-ring (bicyclic) bond motifs is 5. The average molecular weight is 389 g/mol. The number of rotatable bonds is 3. The van der Waals surface area contributed by atoms with Gasteiger partial charge in [-0.15, -0.1) is 0 Å². The summed E-state index contributed by atoms with van der Waals surface area (Å²) in [6.07, 6.45) is 4.95. The monoisotopic (exact) mass is 389 g/mol. The van der Waals surface area contributed by atoms with E-state index in [2.05, 4.69) is 61.5 Å². The number of hydrogen-bond acceptors (Lipinski definition) is 3. The van der Waals surface area contributed by atoms with Crippen LogP contribution < -0.4 is 0 Å². The van der Waals surface area contributed by atoms with Crippen molar-refractivity contribution in [1.29, 1.82) is 0 Å². The maximum Gasteiger partial charge on any atom is 0.410 e. The number of piperidine rings is 1. The summed E-state index contributed by atoms with van der Waals surface area (Å²) >= 11 is 0. The van der Waals surface area contributed by atoms with Gasteiger partial charge in [-0.2, -0.15) is 0 Å². The summed E-state index contributed by atoms with van der Waals surface area (Å²) in [4.78, 5) is 15.0. The molecule has 0 saturated carbocycles. The van der Waals surface area contributed by atoms with Crippen molar-refractivity contribution in [3.63, 3.8) is 0 Å². The Bertz CT molecular complexity index is 889. The van der Waals surface area contributed by atoms with Crippen LogP contribution >= 0.6 is 0 Å². The highest BCUT2D eigenvalue weighted by Crippen LogP contribution is 2.44. The SMILES string of the molecule is CCC=C1CC2COCC(C1)N2C(=O)OCC1c2ccccc2-c2ccccc21. The molecule has 2 saturated heterocycles. The second-order valence-electron chi connectivity index (χ2n) is 8.24. The molecule has 0 radical (unpaired) electrons. The summed E-state index contributed by atoms with van der Waals surface area (Å²) in [6, 6.07) is 17.1. The van der Waals surface area contributed by atoms with Gasteiger partial charge in [0.05, 0.1) is 25.3 Å². The third-order valence-electron chi connectivity index (χ3n) is 6.44. The molecule has 1 aliphatic carbocycles. The van der Waals surface area contributed by atoms with Crippen molar-refractivity contribution in [3.05, 3.63) is 71.3 Å². The van der Waals surface area contributed by atoms with E-state index in [1.54, 1.807) is 0 Å². The standard InChI is InChI=1S/C25H27NO3/c1-2-7-17-12-18-14-28-15-19(13-17)26(18)25(27)29-16-24-22-10-5-3-8-20(22)21-9-4-6-11-23(21)24/h3-11,18-19,24H,2,12-16H2,1H3. The Morgan fingerprint density at radius 1 is 1.03 bits per heavy atom. The summed E-state index contributed by atoms with van der Waals surface area (Å²) in [5, 5.41) is 0. The van der Waals surface area contributed by atoms with Crippen molar-refractivity contribution in [2.75, 3.05) is 19.8 Å². The van der Waals surface area contributed by atoms with Crippen LogP contribution in [0.1, 0.15) is 43.2 Å². The molecular weight excluding hydrogens is 362 g/mol. The van der Waals surface area contributed by atoms with Gasteiger partial charge in [0.25, 0.3) is 0 Å². The minimum absolute atomic E-state index is 0.0935. The van der Waals surface area contributed by atoms with E-state index in [4.69, 9.17) is 9.47 Å². The Balaban J connectivity index is 1.33. The van der Waals surface area contributed by atoms with Crippen LogP contribution in [-0.2, 0) is 9.47 Å². The number of amides is 1. The summed E-state index contributed by atoms with van der Waals surface area (Å²) in [5.74, 6) is 0.0998. The zero-order valence-corrected chi connectivity index (χ0v) is 16.8. The molecule has 4 heteroatoms. The number of nitrogens with zero attached hydrogens (tertiary/aromatic N) is 1. The molecule has 2 bridgehead atoms. The normalized spacial score (nSPS) is 22.8. The number of allylic oxidation sites excluding steroid dienone is 1. The van der Waals surface area contributed by atoms with Crippen molar-refractivity contribution < 1.29 is 14.3 Å². The summed E-state index contributed by atoms with van der Waals surface area (Å²) in [7, 11) is 0. The summed E-state index contributed by atoms with van der Waals surface area (Å²) in [5.41, 5.74) is 6.45. The fourth-order valence-corrected chi connectivity index (χ4v) is 5.22. The highest BCUT2D eigenvalue weighted by Gasteiger charge is 2.41. The molecule has 2 unspecified atom stereocenters. The van der Waals surface area contributed by atoms with Gasteiger partial charge in [-0.25, -0.2) is 4.79 Å². The number of ether oxygens (including phenoxy) is 2. The largest absolute Gasteiger partial charge is 0.448 e. The lowest BCUT2D eigenvalue weighted by atomic mass is 9.89. The van der Waals surface area contributed by atoms with E-state index in [0.29, 0.717) is 19.8 Å². The molecule has 2 aromatic carbocycles. The summed E-state index contributed by atoms with van der Waals surface area (Å²) < 4.78 is 11.7. The van der Waals surface area contributed by atoms with E-state index in [1.165, 1.54) is 27.8 Å². The quantitative estimate of drug-likeness (QED) is 0.683. The molecule has 2 aromatic rings. The van der Waals surface area contributed by atoms with Gasteiger partial charge in [0, 0.05) is 5.92 Å². The molecule has 4 nitrogen and oxygen atoms in total. The van der Waals surface area contributed by atoms with Crippen LogP contribution in [0.15, 0.2) is 60.2 Å². The van der Waals surface area contributed by atoms with Crippen LogP contribution in [0.2, 0.25) is 0 Å². The lowest BCUT2D eigenvalue weighted by molar-refractivity contribution is -0.0550. The zero-order chi connectivity index (χ0) is 19.8. The number of carbonyl (C=O) groups is 1. The van der Waals surface area contributed by atoms with E-state index in [9.17, 15) is 4.79 Å². The van der Waals surface area contributed by atoms with Crippen molar-refractivity contribution in [1.82, 2.24) is 4.90 Å². The first-order valence-electron chi connectivity index (χ1n) is 10.6. The fraction of sp³-hybridized carbons (Fsp3) is 0.400. The second-order valence-corrected chi connectivity index (χ2v) is 8.24. The molecule has 150 valence electrons. The molecule has 0 aromatic heterocycles. The van der Waals surface area contributed by atoms with Gasteiger partial charge in [-0.1, -0.05) is 67.1 Å². The van der Waals surface area contributed by atoms with Gasteiger partial charge in [-0.3, -0.25) is 4.90 Å². The van der Waals surface area contributed by atoms with Gasteiger partial charge in [0.15, 0.2) is 0 Å². The topological polar surface area (TPSA) is 38.8 Å². The van der Waals surface area contributed by atoms with Crippen LogP contribution in [0.4, 0.5) is 4.79 Å². The third kappa shape index (κ3) is 3.25. The Morgan fingerprint density at radius 2 is 1.62 bits per heavy atom. The van der Waals surface area contributed by atoms with Crippen LogP contribution in [0.25, 0.3) is 11.1 Å². The van der Waals surface area contributed by atoms with Crippen LogP contribution in [0.3, 0.4) is 0 Å². The smallest absolute Gasteiger partial charge is 0.410 e. The average Bonchev–Trinajstić information content (AvgIpc) is 3.05. The summed E-state index contributed by atoms with van der Waals surface area (Å²) in [6.45, 7) is 3.74. The first kappa shape index (κ1) is 18.4. The Morgan fingerprint density at radius 3 is 2.21 bits per heavy atom. The van der Waals surface area contributed by atoms with E-state index in [1.807, 2.05) is 4.90 Å². The van der Waals surface area contributed by atoms with Crippen molar-refractivity contribution in [2.45, 2.75) is 44.2 Å². The maximum absolute atomic E-state index is 13.1. The minimum atomic E-state index is -0.194. The first-order chi connectivity index (χ1) is 14.3. The molecular formula is C25H27NO3. The first-order valence-corrected chi connectivity index (χ1v) is 10.6. The van der Waals surface area contributed by atoms with Crippen molar-refractivity contribution in [3.8, 4) is 11.1 Å². The lowest BCUT2D eigenvalue weighted by Gasteiger charge is -2.45. The van der Waals surface area contributed by atoms with Gasteiger partial charge in [0.2, 0.25) is 0 Å². The molecule has 5 rings (SSSR count). The lowest BCUT2D eigenvalue weighted by Crippen LogP contribution is -2.58. The van der Waals surface area contributed by atoms with Gasteiger partial charge < -0.3 is 9.47 Å². The Labute approximate surface area is 172 Å². The maximum atomic E-state index is 13.1. The molecule has 0 N–H and O–H groups in total. The fourth-order valence-electron chi connectivity index (χ4n) is 5.22. The van der Waals surface area contributed by atoms with E-state index < -0.39 is 0 Å². The number of benzene rings is 2. The predicted octanol–water partition coefficient (Wildman–Crippen LogP) is 5.14. The number of hydrogen-bond donors (Lipinski definition) is 0. The van der Waals surface area contributed by atoms with Gasteiger partial charge in [-0.05, 0) is 41.5 Å². The zero-order valence-electron chi connectivity index (χ0n) is 16.8. The van der Waals surface area contributed by atoms with E-state index in [-0.39, 0.29) is 24.1 Å². The van der Waals surface area contributed by atoms with Crippen LogP contribution in [0.5, 0.6) is 0 Å². The van der Waals surface area contributed by atoms with Gasteiger partial charge in [0.1, 0.15) is 6.61 Å². The highest BCUT2D eigenvalue weighted by atomic mass is 16.6.